The van der Waals surface area contributed by atoms with Crippen molar-refractivity contribution < 1.29 is 9.53 Å². The number of amides is 2. The average molecular weight is 338 g/mol. The highest BCUT2D eigenvalue weighted by Crippen LogP contribution is 2.26. The van der Waals surface area contributed by atoms with Gasteiger partial charge >= 0.3 is 6.03 Å². The zero-order valence-corrected chi connectivity index (χ0v) is 15.0. The Labute approximate surface area is 141 Å². The number of carbonyl (C=O) groups is 1. The molecule has 2 saturated heterocycles. The topological polar surface area (TPSA) is 57.7 Å². The second-order valence-corrected chi connectivity index (χ2v) is 7.55. The van der Waals surface area contributed by atoms with Gasteiger partial charge in [0, 0.05) is 36.6 Å². The van der Waals surface area contributed by atoms with Crippen LogP contribution in [0.2, 0.25) is 0 Å². The first-order valence-corrected chi connectivity index (χ1v) is 9.25. The van der Waals surface area contributed by atoms with Gasteiger partial charge in [0.25, 0.3) is 0 Å². The van der Waals surface area contributed by atoms with Gasteiger partial charge in [0.15, 0.2) is 5.13 Å². The molecule has 3 rings (SSSR count). The molecule has 2 aliphatic heterocycles. The van der Waals surface area contributed by atoms with Crippen LogP contribution in [-0.2, 0) is 11.2 Å². The van der Waals surface area contributed by atoms with Crippen LogP contribution in [-0.4, -0.2) is 65.7 Å². The Morgan fingerprint density at radius 2 is 2.17 bits per heavy atom. The Kier molecular flexibility index (Phi) is 5.18. The molecule has 0 aromatic carbocycles. The highest BCUT2D eigenvalue weighted by molar-refractivity contribution is 7.15. The second kappa shape index (κ2) is 7.15. The van der Waals surface area contributed by atoms with Gasteiger partial charge in [0.05, 0.1) is 18.9 Å². The number of morpholine rings is 1. The van der Waals surface area contributed by atoms with E-state index in [2.05, 4.69) is 36.0 Å². The van der Waals surface area contributed by atoms with E-state index in [9.17, 15) is 4.79 Å². The number of ether oxygens (including phenoxy) is 1. The quantitative estimate of drug-likeness (QED) is 0.919. The van der Waals surface area contributed by atoms with Gasteiger partial charge in [-0.1, -0.05) is 6.92 Å². The summed E-state index contributed by atoms with van der Waals surface area (Å²) in [4.78, 5) is 22.7. The number of urea groups is 1. The fraction of sp³-hybridized carbons (Fsp3) is 0.750. The second-order valence-electron chi connectivity index (χ2n) is 6.34. The lowest BCUT2D eigenvalue weighted by Crippen LogP contribution is -2.45. The van der Waals surface area contributed by atoms with E-state index < -0.39 is 0 Å². The summed E-state index contributed by atoms with van der Waals surface area (Å²) in [6.45, 7) is 10.6. The maximum absolute atomic E-state index is 12.6. The van der Waals surface area contributed by atoms with Crippen LogP contribution < -0.4 is 5.32 Å². The van der Waals surface area contributed by atoms with Crippen molar-refractivity contribution in [2.24, 2.45) is 0 Å². The summed E-state index contributed by atoms with van der Waals surface area (Å²) >= 11 is 1.56. The van der Waals surface area contributed by atoms with E-state index in [-0.39, 0.29) is 12.1 Å². The van der Waals surface area contributed by atoms with Crippen LogP contribution in [0, 0.1) is 6.92 Å². The third-order valence-electron chi connectivity index (χ3n) is 4.82. The molecule has 2 atom stereocenters. The number of likely N-dealkylation sites (tertiary alicyclic amines) is 1. The van der Waals surface area contributed by atoms with Crippen molar-refractivity contribution in [3.05, 3.63) is 10.6 Å². The summed E-state index contributed by atoms with van der Waals surface area (Å²) in [7, 11) is 0. The molecule has 128 valence electrons. The molecule has 1 aromatic heterocycles. The first-order valence-electron chi connectivity index (χ1n) is 8.44. The summed E-state index contributed by atoms with van der Waals surface area (Å²) in [5, 5.41) is 3.70. The van der Waals surface area contributed by atoms with Gasteiger partial charge in [-0.25, -0.2) is 9.78 Å². The average Bonchev–Trinajstić information content (AvgIpc) is 3.11. The number of nitrogens with one attached hydrogen (secondary N) is 1. The van der Waals surface area contributed by atoms with E-state index in [4.69, 9.17) is 4.74 Å². The Balaban J connectivity index is 1.60. The summed E-state index contributed by atoms with van der Waals surface area (Å²) in [6, 6.07) is 0.683. The Bertz CT molecular complexity index is 556. The molecule has 3 heterocycles. The van der Waals surface area contributed by atoms with Gasteiger partial charge in [0.1, 0.15) is 0 Å². The minimum atomic E-state index is -0.0235. The number of anilines is 1. The van der Waals surface area contributed by atoms with Crippen molar-refractivity contribution in [3.63, 3.8) is 0 Å². The molecule has 2 aliphatic rings. The van der Waals surface area contributed by atoms with Crippen LogP contribution >= 0.6 is 11.3 Å². The zero-order chi connectivity index (χ0) is 16.4. The fourth-order valence-corrected chi connectivity index (χ4v) is 4.36. The van der Waals surface area contributed by atoms with Crippen LogP contribution in [0.15, 0.2) is 0 Å². The van der Waals surface area contributed by atoms with Crippen LogP contribution in [0.3, 0.4) is 0 Å². The molecule has 1 aromatic rings. The third kappa shape index (κ3) is 3.67. The summed E-state index contributed by atoms with van der Waals surface area (Å²) in [5.74, 6) is 0. The van der Waals surface area contributed by atoms with Gasteiger partial charge < -0.3 is 9.64 Å². The van der Waals surface area contributed by atoms with E-state index in [1.807, 2.05) is 4.90 Å². The van der Waals surface area contributed by atoms with Crippen molar-refractivity contribution in [1.29, 1.82) is 0 Å². The number of hydrogen-bond donors (Lipinski definition) is 1. The standard InChI is InChI=1S/C16H26N4O2S/c1-4-14-12(3)23-15(17-14)18-16(21)20-10-13(9-11(20)2)19-5-7-22-8-6-19/h11,13H,4-10H2,1-3H3,(H,17,18,21). The number of rotatable bonds is 3. The van der Waals surface area contributed by atoms with E-state index >= 15 is 0 Å². The number of nitrogens with zero attached hydrogens (tertiary/aromatic N) is 3. The smallest absolute Gasteiger partial charge is 0.323 e. The minimum Gasteiger partial charge on any atom is -0.379 e. The van der Waals surface area contributed by atoms with Crippen molar-refractivity contribution in [1.82, 2.24) is 14.8 Å². The van der Waals surface area contributed by atoms with Gasteiger partial charge in [0.2, 0.25) is 0 Å². The van der Waals surface area contributed by atoms with Gasteiger partial charge in [-0.2, -0.15) is 0 Å². The van der Waals surface area contributed by atoms with Gasteiger partial charge in [-0.15, -0.1) is 11.3 Å². The SMILES string of the molecule is CCc1nc(NC(=O)N2CC(N3CCOCC3)CC2C)sc1C. The summed E-state index contributed by atoms with van der Waals surface area (Å²) in [5.41, 5.74) is 1.07. The van der Waals surface area contributed by atoms with Gasteiger partial charge in [-0.3, -0.25) is 10.2 Å². The Morgan fingerprint density at radius 3 is 2.83 bits per heavy atom. The molecule has 7 heteroatoms. The lowest BCUT2D eigenvalue weighted by molar-refractivity contribution is 0.0191. The number of aryl methyl sites for hydroxylation is 2. The maximum atomic E-state index is 12.6. The van der Waals surface area contributed by atoms with Crippen molar-refractivity contribution >= 4 is 22.5 Å². The normalized spacial score (nSPS) is 25.8. The molecule has 0 spiro atoms. The monoisotopic (exact) mass is 338 g/mol. The van der Waals surface area contributed by atoms with Gasteiger partial charge in [-0.05, 0) is 26.7 Å². The van der Waals surface area contributed by atoms with E-state index in [1.165, 1.54) is 4.88 Å². The predicted octanol–water partition coefficient (Wildman–Crippen LogP) is 2.34. The maximum Gasteiger partial charge on any atom is 0.323 e. The molecule has 1 N–H and O–H groups in total. The van der Waals surface area contributed by atoms with Crippen LogP contribution in [0.25, 0.3) is 0 Å². The predicted molar refractivity (Wildman–Crippen MR) is 92.2 cm³/mol. The lowest BCUT2D eigenvalue weighted by atomic mass is 10.1. The summed E-state index contributed by atoms with van der Waals surface area (Å²) < 4.78 is 5.42. The Hall–Kier alpha value is -1.18. The first-order chi connectivity index (χ1) is 11.1. The van der Waals surface area contributed by atoms with E-state index in [1.54, 1.807) is 11.3 Å². The Morgan fingerprint density at radius 1 is 1.43 bits per heavy atom. The number of aromatic nitrogens is 1. The largest absolute Gasteiger partial charge is 0.379 e. The molecule has 2 fully saturated rings. The molecular weight excluding hydrogens is 312 g/mol. The van der Waals surface area contributed by atoms with Crippen molar-refractivity contribution in [2.75, 3.05) is 38.2 Å². The summed E-state index contributed by atoms with van der Waals surface area (Å²) in [6.07, 6.45) is 1.93. The first kappa shape index (κ1) is 16.7. The molecule has 2 amide bonds. The molecular formula is C16H26N4O2S. The molecule has 0 aliphatic carbocycles. The number of carbonyl (C=O) groups excluding carboxylic acids is 1. The molecule has 6 nitrogen and oxygen atoms in total. The van der Waals surface area contributed by atoms with E-state index in [0.717, 1.165) is 51.4 Å². The molecule has 0 radical (unpaired) electrons. The van der Waals surface area contributed by atoms with E-state index in [0.29, 0.717) is 11.2 Å². The zero-order valence-electron chi connectivity index (χ0n) is 14.2. The lowest BCUT2D eigenvalue weighted by Gasteiger charge is -2.31. The van der Waals surface area contributed by atoms with Crippen LogP contribution in [0.1, 0.15) is 30.8 Å². The third-order valence-corrected chi connectivity index (χ3v) is 5.75. The number of hydrogen-bond acceptors (Lipinski definition) is 5. The minimum absolute atomic E-state index is 0.0235. The molecule has 2 unspecified atom stereocenters. The van der Waals surface area contributed by atoms with Crippen LogP contribution in [0.5, 0.6) is 0 Å². The fourth-order valence-electron chi connectivity index (χ4n) is 3.47. The molecule has 0 saturated carbocycles. The highest BCUT2D eigenvalue weighted by Gasteiger charge is 2.36. The highest BCUT2D eigenvalue weighted by atomic mass is 32.1. The molecule has 23 heavy (non-hydrogen) atoms. The van der Waals surface area contributed by atoms with Crippen molar-refractivity contribution in [3.8, 4) is 0 Å². The van der Waals surface area contributed by atoms with Crippen LogP contribution in [0.4, 0.5) is 9.93 Å². The molecule has 0 bridgehead atoms. The number of thiazole rings is 1. The van der Waals surface area contributed by atoms with Crippen molar-refractivity contribution in [2.45, 2.75) is 45.7 Å².